The Labute approximate surface area is 126 Å². The van der Waals surface area contributed by atoms with Crippen LogP contribution < -0.4 is 10.6 Å². The van der Waals surface area contributed by atoms with Crippen LogP contribution in [-0.4, -0.2) is 23.7 Å². The van der Waals surface area contributed by atoms with Crippen LogP contribution in [0.5, 0.6) is 0 Å². The molecule has 0 spiro atoms. The lowest BCUT2D eigenvalue weighted by Gasteiger charge is -2.25. The Bertz CT molecular complexity index is 540. The number of amides is 2. The lowest BCUT2D eigenvalue weighted by Crippen LogP contribution is -2.31. The predicted molar refractivity (Wildman–Crippen MR) is 75.5 cm³/mol. The van der Waals surface area contributed by atoms with Crippen LogP contribution >= 0.6 is 0 Å². The van der Waals surface area contributed by atoms with Crippen molar-refractivity contribution >= 4 is 11.8 Å². The molecule has 0 unspecified atom stereocenters. The summed E-state index contributed by atoms with van der Waals surface area (Å²) in [5.41, 5.74) is 1.17. The Balaban J connectivity index is 1.42. The molecule has 0 radical (unpaired) electrons. The number of rotatable bonds is 4. The molecule has 2 fully saturated rings. The summed E-state index contributed by atoms with van der Waals surface area (Å²) in [6, 6.07) is 3.15. The maximum absolute atomic E-state index is 12.4. The van der Waals surface area contributed by atoms with E-state index in [9.17, 15) is 18.0 Å². The first-order valence-electron chi connectivity index (χ1n) is 7.51. The standard InChI is InChI=1S/C15H18F3N3O/c16-15(17,18)12-6-11(12)8-20-14(22)21-13-5-4-10(7-19-13)9-2-1-3-9/h4-5,7,9,11-12H,1-3,6,8H2,(H2,19,20,21,22)/t11-,12+/m0/s1. The molecule has 1 aromatic rings. The van der Waals surface area contributed by atoms with Crippen LogP contribution in [0.4, 0.5) is 23.8 Å². The third-order valence-electron chi connectivity index (χ3n) is 4.47. The molecule has 2 saturated carbocycles. The molecule has 22 heavy (non-hydrogen) atoms. The second-order valence-corrected chi connectivity index (χ2v) is 6.08. The summed E-state index contributed by atoms with van der Waals surface area (Å²) in [4.78, 5) is 15.8. The van der Waals surface area contributed by atoms with Crippen molar-refractivity contribution in [3.05, 3.63) is 23.9 Å². The van der Waals surface area contributed by atoms with Crippen LogP contribution in [0.3, 0.4) is 0 Å². The lowest BCUT2D eigenvalue weighted by molar-refractivity contribution is -0.150. The summed E-state index contributed by atoms with van der Waals surface area (Å²) in [6.45, 7) is 0.0379. The molecule has 2 N–H and O–H groups in total. The van der Waals surface area contributed by atoms with Crippen molar-refractivity contribution in [3.8, 4) is 0 Å². The molecule has 2 aliphatic carbocycles. The molecule has 120 valence electrons. The van der Waals surface area contributed by atoms with Crippen molar-refractivity contribution in [3.63, 3.8) is 0 Å². The highest BCUT2D eigenvalue weighted by Gasteiger charge is 2.55. The Kier molecular flexibility index (Phi) is 3.97. The van der Waals surface area contributed by atoms with Crippen molar-refractivity contribution in [2.24, 2.45) is 11.8 Å². The highest BCUT2D eigenvalue weighted by atomic mass is 19.4. The second-order valence-electron chi connectivity index (χ2n) is 6.08. The zero-order valence-corrected chi connectivity index (χ0v) is 12.0. The first-order chi connectivity index (χ1) is 10.4. The number of aromatic nitrogens is 1. The fourth-order valence-corrected chi connectivity index (χ4v) is 2.72. The number of halogens is 3. The number of pyridine rings is 1. The van der Waals surface area contributed by atoms with Gasteiger partial charge >= 0.3 is 12.2 Å². The van der Waals surface area contributed by atoms with E-state index in [2.05, 4.69) is 15.6 Å². The van der Waals surface area contributed by atoms with Gasteiger partial charge in [-0.15, -0.1) is 0 Å². The summed E-state index contributed by atoms with van der Waals surface area (Å²) in [5.74, 6) is -0.791. The number of nitrogens with zero attached hydrogens (tertiary/aromatic N) is 1. The molecule has 4 nitrogen and oxygen atoms in total. The largest absolute Gasteiger partial charge is 0.392 e. The fourth-order valence-electron chi connectivity index (χ4n) is 2.72. The average Bonchev–Trinajstić information content (AvgIpc) is 3.16. The molecule has 7 heteroatoms. The highest BCUT2D eigenvalue weighted by molar-refractivity contribution is 5.88. The number of anilines is 1. The van der Waals surface area contributed by atoms with Gasteiger partial charge in [0.05, 0.1) is 5.92 Å². The monoisotopic (exact) mass is 313 g/mol. The molecule has 2 amide bonds. The average molecular weight is 313 g/mol. The van der Waals surface area contributed by atoms with Crippen LogP contribution in [-0.2, 0) is 0 Å². The van der Waals surface area contributed by atoms with E-state index in [4.69, 9.17) is 0 Å². The van der Waals surface area contributed by atoms with Crippen LogP contribution in [0.25, 0.3) is 0 Å². The number of urea groups is 1. The van der Waals surface area contributed by atoms with Crippen LogP contribution in [0.2, 0.25) is 0 Å². The van der Waals surface area contributed by atoms with E-state index >= 15 is 0 Å². The van der Waals surface area contributed by atoms with Crippen molar-refractivity contribution < 1.29 is 18.0 Å². The summed E-state index contributed by atoms with van der Waals surface area (Å²) < 4.78 is 37.1. The van der Waals surface area contributed by atoms with E-state index in [1.54, 1.807) is 12.3 Å². The van der Waals surface area contributed by atoms with Crippen molar-refractivity contribution in [2.45, 2.75) is 37.8 Å². The molecule has 0 aromatic carbocycles. The Morgan fingerprint density at radius 2 is 2.09 bits per heavy atom. The zero-order valence-electron chi connectivity index (χ0n) is 12.0. The Morgan fingerprint density at radius 1 is 1.32 bits per heavy atom. The third-order valence-corrected chi connectivity index (χ3v) is 4.47. The molecular weight excluding hydrogens is 295 g/mol. The summed E-state index contributed by atoms with van der Waals surface area (Å²) in [6.07, 6.45) is 1.29. The van der Waals surface area contributed by atoms with Crippen LogP contribution in [0.15, 0.2) is 18.3 Å². The van der Waals surface area contributed by atoms with Crippen molar-refractivity contribution in [1.29, 1.82) is 0 Å². The van der Waals surface area contributed by atoms with Gasteiger partial charge < -0.3 is 5.32 Å². The zero-order chi connectivity index (χ0) is 15.7. The van der Waals surface area contributed by atoms with E-state index in [0.717, 1.165) is 0 Å². The van der Waals surface area contributed by atoms with Gasteiger partial charge in [-0.05, 0) is 42.7 Å². The van der Waals surface area contributed by atoms with Crippen LogP contribution in [0, 0.1) is 11.8 Å². The normalized spacial score (nSPS) is 24.5. The number of carbonyl (C=O) groups is 1. The number of hydrogen-bond donors (Lipinski definition) is 2. The van der Waals surface area contributed by atoms with Gasteiger partial charge in [0.15, 0.2) is 0 Å². The topological polar surface area (TPSA) is 54.0 Å². The smallest absolute Gasteiger partial charge is 0.338 e. The molecule has 2 atom stereocenters. The van der Waals surface area contributed by atoms with Gasteiger partial charge in [-0.1, -0.05) is 12.5 Å². The number of nitrogens with one attached hydrogen (secondary N) is 2. The van der Waals surface area contributed by atoms with Crippen molar-refractivity contribution in [1.82, 2.24) is 10.3 Å². The Morgan fingerprint density at radius 3 is 2.59 bits per heavy atom. The molecule has 1 aromatic heterocycles. The lowest BCUT2D eigenvalue weighted by atomic mass is 9.81. The number of hydrogen-bond acceptors (Lipinski definition) is 2. The third kappa shape index (κ3) is 3.51. The minimum Gasteiger partial charge on any atom is -0.338 e. The minimum atomic E-state index is -4.15. The number of carbonyl (C=O) groups excluding carboxylic acids is 1. The summed E-state index contributed by atoms with van der Waals surface area (Å²) in [7, 11) is 0. The van der Waals surface area contributed by atoms with Gasteiger partial charge in [0.1, 0.15) is 5.82 Å². The van der Waals surface area contributed by atoms with Gasteiger partial charge in [0.2, 0.25) is 0 Å². The summed E-state index contributed by atoms with van der Waals surface area (Å²) in [5, 5.41) is 5.00. The van der Waals surface area contributed by atoms with Gasteiger partial charge in [0, 0.05) is 12.7 Å². The maximum atomic E-state index is 12.4. The Hall–Kier alpha value is -1.79. The van der Waals surface area contributed by atoms with E-state index in [1.807, 2.05) is 6.07 Å². The number of alkyl halides is 3. The maximum Gasteiger partial charge on any atom is 0.392 e. The van der Waals surface area contributed by atoms with E-state index < -0.39 is 24.0 Å². The molecule has 2 aliphatic rings. The van der Waals surface area contributed by atoms with Crippen LogP contribution in [0.1, 0.15) is 37.2 Å². The quantitative estimate of drug-likeness (QED) is 0.891. The first-order valence-corrected chi connectivity index (χ1v) is 7.51. The molecule has 1 heterocycles. The molecule has 3 rings (SSSR count). The highest BCUT2D eigenvalue weighted by Crippen LogP contribution is 2.49. The molecular formula is C15H18F3N3O. The minimum absolute atomic E-state index is 0.0379. The van der Waals surface area contributed by atoms with Gasteiger partial charge in [0.25, 0.3) is 0 Å². The van der Waals surface area contributed by atoms with Gasteiger partial charge in [-0.2, -0.15) is 13.2 Å². The van der Waals surface area contributed by atoms with Gasteiger partial charge in [-0.3, -0.25) is 5.32 Å². The van der Waals surface area contributed by atoms with E-state index in [0.29, 0.717) is 11.7 Å². The van der Waals surface area contributed by atoms with Crippen molar-refractivity contribution in [2.75, 3.05) is 11.9 Å². The SMILES string of the molecule is O=C(NC[C@@H]1C[C@H]1C(F)(F)F)Nc1ccc(C2CCC2)cn1. The van der Waals surface area contributed by atoms with E-state index in [-0.39, 0.29) is 13.0 Å². The van der Waals surface area contributed by atoms with Gasteiger partial charge in [-0.25, -0.2) is 9.78 Å². The molecule has 0 aliphatic heterocycles. The fraction of sp³-hybridized carbons (Fsp3) is 0.600. The first kappa shape index (κ1) is 15.1. The molecule has 0 bridgehead atoms. The predicted octanol–water partition coefficient (Wildman–Crippen LogP) is 3.67. The second kappa shape index (κ2) is 5.78. The summed E-state index contributed by atoms with van der Waals surface area (Å²) >= 11 is 0. The van der Waals surface area contributed by atoms with E-state index in [1.165, 1.54) is 24.8 Å². The molecule has 0 saturated heterocycles.